The van der Waals surface area contributed by atoms with Crippen LogP contribution in [0.4, 0.5) is 0 Å². The van der Waals surface area contributed by atoms with E-state index in [0.29, 0.717) is 22.4 Å². The molecule has 0 aliphatic heterocycles. The van der Waals surface area contributed by atoms with Gasteiger partial charge in [-0.25, -0.2) is 0 Å². The topological polar surface area (TPSA) is 29.1 Å². The highest BCUT2D eigenvalue weighted by atomic mass is 35.5. The molecule has 2 atom stereocenters. The molecule has 1 aromatic carbocycles. The number of hydrogen-bond donors (Lipinski definition) is 1. The van der Waals surface area contributed by atoms with E-state index in [1.807, 2.05) is 13.0 Å². The lowest BCUT2D eigenvalue weighted by Gasteiger charge is -2.17. The molecule has 2 nitrogen and oxygen atoms in total. The zero-order valence-corrected chi connectivity index (χ0v) is 12.3. The van der Waals surface area contributed by atoms with E-state index < -0.39 is 0 Å². The number of allylic oxidation sites excluding steroid dienone is 2. The van der Waals surface area contributed by atoms with Crippen molar-refractivity contribution in [2.45, 2.75) is 32.2 Å². The molecule has 0 aromatic heterocycles. The van der Waals surface area contributed by atoms with Gasteiger partial charge in [0.25, 0.3) is 0 Å². The minimum atomic E-state index is -0.109. The smallest absolute Gasteiger partial charge is 0.221 e. The van der Waals surface area contributed by atoms with Crippen molar-refractivity contribution in [1.82, 2.24) is 5.32 Å². The van der Waals surface area contributed by atoms with Crippen LogP contribution in [0.25, 0.3) is 0 Å². The van der Waals surface area contributed by atoms with Gasteiger partial charge in [0.1, 0.15) is 0 Å². The van der Waals surface area contributed by atoms with Gasteiger partial charge in [-0.1, -0.05) is 41.4 Å². The van der Waals surface area contributed by atoms with Crippen molar-refractivity contribution < 1.29 is 4.79 Å². The maximum atomic E-state index is 11.9. The van der Waals surface area contributed by atoms with Crippen molar-refractivity contribution in [3.8, 4) is 0 Å². The SMILES string of the molecule is CC(NC(=O)CC1C=CCC1)c1ccc(Cl)cc1Cl. The van der Waals surface area contributed by atoms with Crippen LogP contribution in [0.2, 0.25) is 10.0 Å². The Bertz CT molecular complexity index is 499. The van der Waals surface area contributed by atoms with Gasteiger partial charge in [-0.05, 0) is 43.4 Å². The first-order valence-corrected chi connectivity index (χ1v) is 7.23. The first-order valence-electron chi connectivity index (χ1n) is 6.47. The Hall–Kier alpha value is -0.990. The highest BCUT2D eigenvalue weighted by Gasteiger charge is 2.17. The molecule has 0 saturated heterocycles. The average molecular weight is 298 g/mol. The van der Waals surface area contributed by atoms with Crippen molar-refractivity contribution in [3.63, 3.8) is 0 Å². The van der Waals surface area contributed by atoms with Crippen molar-refractivity contribution in [2.75, 3.05) is 0 Å². The summed E-state index contributed by atoms with van der Waals surface area (Å²) in [6.45, 7) is 1.93. The van der Waals surface area contributed by atoms with Crippen molar-refractivity contribution in [3.05, 3.63) is 46.0 Å². The van der Waals surface area contributed by atoms with Crippen LogP contribution in [-0.4, -0.2) is 5.91 Å². The lowest BCUT2D eigenvalue weighted by molar-refractivity contribution is -0.122. The molecular weight excluding hydrogens is 281 g/mol. The van der Waals surface area contributed by atoms with E-state index >= 15 is 0 Å². The predicted octanol–water partition coefficient (Wildman–Crippen LogP) is 4.53. The number of amides is 1. The monoisotopic (exact) mass is 297 g/mol. The molecule has 1 N–H and O–H groups in total. The van der Waals surface area contributed by atoms with E-state index in [0.717, 1.165) is 18.4 Å². The van der Waals surface area contributed by atoms with Crippen LogP contribution in [-0.2, 0) is 4.79 Å². The molecule has 2 rings (SSSR count). The Balaban J connectivity index is 1.94. The van der Waals surface area contributed by atoms with E-state index in [2.05, 4.69) is 17.5 Å². The second-order valence-electron chi connectivity index (χ2n) is 4.92. The molecule has 0 fully saturated rings. The average Bonchev–Trinajstić information content (AvgIpc) is 2.81. The molecule has 1 aromatic rings. The summed E-state index contributed by atoms with van der Waals surface area (Å²) in [7, 11) is 0. The summed E-state index contributed by atoms with van der Waals surface area (Å²) in [5.74, 6) is 0.447. The third kappa shape index (κ3) is 3.99. The zero-order valence-electron chi connectivity index (χ0n) is 10.8. The molecule has 0 bridgehead atoms. The summed E-state index contributed by atoms with van der Waals surface area (Å²) in [4.78, 5) is 11.9. The summed E-state index contributed by atoms with van der Waals surface area (Å²) in [5, 5.41) is 4.17. The van der Waals surface area contributed by atoms with E-state index in [4.69, 9.17) is 23.2 Å². The van der Waals surface area contributed by atoms with Crippen molar-refractivity contribution in [2.24, 2.45) is 5.92 Å². The Kier molecular flexibility index (Phi) is 4.89. The molecule has 0 saturated carbocycles. The van der Waals surface area contributed by atoms with Crippen molar-refractivity contribution >= 4 is 29.1 Å². The first-order chi connectivity index (χ1) is 9.06. The van der Waals surface area contributed by atoms with Crippen LogP contribution in [0, 0.1) is 5.92 Å². The van der Waals surface area contributed by atoms with Crippen molar-refractivity contribution in [1.29, 1.82) is 0 Å². The number of nitrogens with one attached hydrogen (secondary N) is 1. The van der Waals surface area contributed by atoms with E-state index in [-0.39, 0.29) is 11.9 Å². The third-order valence-electron chi connectivity index (χ3n) is 3.37. The van der Waals surface area contributed by atoms with Gasteiger partial charge in [-0.15, -0.1) is 0 Å². The van der Waals surface area contributed by atoms with Gasteiger partial charge < -0.3 is 5.32 Å². The van der Waals surface area contributed by atoms with Crippen LogP contribution in [0.3, 0.4) is 0 Å². The van der Waals surface area contributed by atoms with Gasteiger partial charge in [0.05, 0.1) is 6.04 Å². The molecule has 4 heteroatoms. The lowest BCUT2D eigenvalue weighted by Crippen LogP contribution is -2.28. The standard InChI is InChI=1S/C15H17Cl2NO/c1-10(13-7-6-12(16)9-14(13)17)18-15(19)8-11-4-2-3-5-11/h2,4,6-7,9-11H,3,5,8H2,1H3,(H,18,19). The van der Waals surface area contributed by atoms with Gasteiger partial charge >= 0.3 is 0 Å². The molecular formula is C15H17Cl2NO. The molecule has 0 radical (unpaired) electrons. The molecule has 1 amide bonds. The van der Waals surface area contributed by atoms with Crippen LogP contribution in [0.5, 0.6) is 0 Å². The number of carbonyl (C=O) groups excluding carboxylic acids is 1. The minimum Gasteiger partial charge on any atom is -0.350 e. The number of rotatable bonds is 4. The summed E-state index contributed by atoms with van der Waals surface area (Å²) < 4.78 is 0. The molecule has 19 heavy (non-hydrogen) atoms. The third-order valence-corrected chi connectivity index (χ3v) is 3.93. The van der Waals surface area contributed by atoms with Crippen LogP contribution in [0.15, 0.2) is 30.4 Å². The van der Waals surface area contributed by atoms with E-state index in [9.17, 15) is 4.79 Å². The molecule has 102 valence electrons. The number of benzene rings is 1. The van der Waals surface area contributed by atoms with Gasteiger partial charge in [0.15, 0.2) is 0 Å². The Morgan fingerprint density at radius 1 is 1.47 bits per heavy atom. The molecule has 0 heterocycles. The lowest BCUT2D eigenvalue weighted by atomic mass is 10.0. The summed E-state index contributed by atoms with van der Waals surface area (Å²) in [6.07, 6.45) is 6.96. The normalized spacial score (nSPS) is 19.4. The number of halogens is 2. The van der Waals surface area contributed by atoms with Gasteiger partial charge in [0.2, 0.25) is 5.91 Å². The molecule has 2 unspecified atom stereocenters. The number of hydrogen-bond acceptors (Lipinski definition) is 1. The highest BCUT2D eigenvalue weighted by molar-refractivity contribution is 6.35. The van der Waals surface area contributed by atoms with Gasteiger partial charge in [-0.3, -0.25) is 4.79 Å². The Labute approximate surface area is 123 Å². The molecule has 1 aliphatic carbocycles. The maximum absolute atomic E-state index is 11.9. The van der Waals surface area contributed by atoms with Crippen LogP contribution in [0.1, 0.15) is 37.8 Å². The van der Waals surface area contributed by atoms with Crippen LogP contribution >= 0.6 is 23.2 Å². The Morgan fingerprint density at radius 2 is 2.26 bits per heavy atom. The Morgan fingerprint density at radius 3 is 2.89 bits per heavy atom. The second-order valence-corrected chi connectivity index (χ2v) is 5.77. The maximum Gasteiger partial charge on any atom is 0.221 e. The van der Waals surface area contributed by atoms with E-state index in [1.165, 1.54) is 0 Å². The zero-order chi connectivity index (χ0) is 13.8. The van der Waals surface area contributed by atoms with Gasteiger partial charge in [-0.2, -0.15) is 0 Å². The van der Waals surface area contributed by atoms with Gasteiger partial charge in [0, 0.05) is 16.5 Å². The van der Waals surface area contributed by atoms with Crippen LogP contribution < -0.4 is 5.32 Å². The fourth-order valence-corrected chi connectivity index (χ4v) is 2.91. The summed E-state index contributed by atoms with van der Waals surface area (Å²) in [5.41, 5.74) is 0.890. The fourth-order valence-electron chi connectivity index (χ4n) is 2.33. The molecule has 1 aliphatic rings. The van der Waals surface area contributed by atoms with E-state index in [1.54, 1.807) is 12.1 Å². The quantitative estimate of drug-likeness (QED) is 0.813. The largest absolute Gasteiger partial charge is 0.350 e. The highest BCUT2D eigenvalue weighted by Crippen LogP contribution is 2.26. The summed E-state index contributed by atoms with van der Waals surface area (Å²) in [6, 6.07) is 5.22. The number of carbonyl (C=O) groups is 1. The fraction of sp³-hybridized carbons (Fsp3) is 0.400. The minimum absolute atomic E-state index is 0.0649. The summed E-state index contributed by atoms with van der Waals surface area (Å²) >= 11 is 12.0. The second kappa shape index (κ2) is 6.44. The molecule has 0 spiro atoms. The predicted molar refractivity (Wildman–Crippen MR) is 79.5 cm³/mol. The first kappa shape index (κ1) is 14.4.